The Kier molecular flexibility index (Phi) is 5.77. The number of carbonyl (C=O) groups is 1. The fraction of sp³-hybridized carbons (Fsp3) is 0.727. The highest BCUT2D eigenvalue weighted by molar-refractivity contribution is 6.87. The first-order valence-electron chi connectivity index (χ1n) is 5.22. The first-order chi connectivity index (χ1) is 6.43. The summed E-state index contributed by atoms with van der Waals surface area (Å²) in [7, 11) is -0.0796. The van der Waals surface area contributed by atoms with Crippen molar-refractivity contribution in [3.05, 3.63) is 11.3 Å². The molecule has 0 aliphatic heterocycles. The van der Waals surface area contributed by atoms with Crippen LogP contribution in [0.4, 0.5) is 0 Å². The highest BCUT2D eigenvalue weighted by atomic mass is 28.3. The summed E-state index contributed by atoms with van der Waals surface area (Å²) in [6.45, 7) is 8.66. The molecule has 0 saturated carbocycles. The second-order valence-electron chi connectivity index (χ2n) is 4.50. The van der Waals surface area contributed by atoms with E-state index in [9.17, 15) is 4.79 Å². The minimum absolute atomic E-state index is 0.139. The van der Waals surface area contributed by atoms with Gasteiger partial charge in [-0.3, -0.25) is 0 Å². The van der Waals surface area contributed by atoms with Gasteiger partial charge >= 0.3 is 5.97 Å². The minimum Gasteiger partial charge on any atom is -0.466 e. The lowest BCUT2D eigenvalue weighted by Crippen LogP contribution is -2.30. The molecule has 14 heavy (non-hydrogen) atoms. The Balaban J connectivity index is 4.56. The zero-order valence-electron chi connectivity index (χ0n) is 10.0. The summed E-state index contributed by atoms with van der Waals surface area (Å²) in [4.78, 5) is 11.5. The normalized spacial score (nSPS) is 12.8. The molecule has 0 spiro atoms. The first-order valence-corrected chi connectivity index (χ1v) is 8.72. The molecule has 0 aromatic heterocycles. The molecule has 2 nitrogen and oxygen atoms in total. The first kappa shape index (κ1) is 13.4. The summed E-state index contributed by atoms with van der Waals surface area (Å²) in [6, 6.07) is 0. The zero-order chi connectivity index (χ0) is 11.2. The summed E-state index contributed by atoms with van der Waals surface area (Å²) in [5, 5.41) is 0.924. The fourth-order valence-electron chi connectivity index (χ4n) is 1.26. The SMILES string of the molecule is CCCC/C=C(\C(=O)OC)[Si](C)(C)C. The van der Waals surface area contributed by atoms with Crippen molar-refractivity contribution in [3.8, 4) is 0 Å². The van der Waals surface area contributed by atoms with Crippen LogP contribution in [-0.2, 0) is 9.53 Å². The van der Waals surface area contributed by atoms with Crippen LogP contribution in [0.3, 0.4) is 0 Å². The van der Waals surface area contributed by atoms with Gasteiger partial charge in [0.15, 0.2) is 0 Å². The summed E-state index contributed by atoms with van der Waals surface area (Å²) in [6.07, 6.45) is 5.37. The number of ether oxygens (including phenoxy) is 1. The summed E-state index contributed by atoms with van der Waals surface area (Å²) < 4.78 is 4.80. The molecule has 0 amide bonds. The van der Waals surface area contributed by atoms with Crippen LogP contribution in [0, 0.1) is 0 Å². The van der Waals surface area contributed by atoms with Crippen LogP contribution < -0.4 is 0 Å². The van der Waals surface area contributed by atoms with Gasteiger partial charge in [0.05, 0.1) is 15.2 Å². The molecule has 82 valence electrons. The number of allylic oxidation sites excluding steroid dienone is 1. The lowest BCUT2D eigenvalue weighted by Gasteiger charge is -2.18. The van der Waals surface area contributed by atoms with E-state index in [0.717, 1.165) is 24.5 Å². The maximum atomic E-state index is 11.5. The minimum atomic E-state index is -1.53. The van der Waals surface area contributed by atoms with Crippen LogP contribution in [0.5, 0.6) is 0 Å². The lowest BCUT2D eigenvalue weighted by atomic mass is 10.2. The maximum absolute atomic E-state index is 11.5. The van der Waals surface area contributed by atoms with Gasteiger partial charge in [-0.25, -0.2) is 4.79 Å². The molecule has 0 saturated heterocycles. The summed E-state index contributed by atoms with van der Waals surface area (Å²) in [5.41, 5.74) is 0. The Hall–Kier alpha value is -0.573. The fourth-order valence-corrected chi connectivity index (χ4v) is 2.73. The van der Waals surface area contributed by atoms with E-state index in [1.165, 1.54) is 7.11 Å². The molecular weight excluding hydrogens is 192 g/mol. The van der Waals surface area contributed by atoms with Crippen molar-refractivity contribution in [1.29, 1.82) is 0 Å². The molecule has 0 aromatic carbocycles. The van der Waals surface area contributed by atoms with E-state index in [0.29, 0.717) is 0 Å². The molecule has 0 aliphatic rings. The van der Waals surface area contributed by atoms with E-state index in [1.807, 2.05) is 0 Å². The van der Waals surface area contributed by atoms with Gasteiger partial charge in [-0.2, -0.15) is 0 Å². The Bertz CT molecular complexity index is 214. The number of hydrogen-bond donors (Lipinski definition) is 0. The van der Waals surface area contributed by atoms with Crippen LogP contribution in [0.2, 0.25) is 19.6 Å². The third-order valence-corrected chi connectivity index (χ3v) is 4.14. The third-order valence-electron chi connectivity index (χ3n) is 2.12. The average molecular weight is 214 g/mol. The van der Waals surface area contributed by atoms with E-state index in [1.54, 1.807) is 0 Å². The van der Waals surface area contributed by atoms with Crippen molar-refractivity contribution in [1.82, 2.24) is 0 Å². The molecule has 0 radical (unpaired) electrons. The van der Waals surface area contributed by atoms with Crippen LogP contribution in [0.15, 0.2) is 11.3 Å². The van der Waals surface area contributed by atoms with Crippen LogP contribution >= 0.6 is 0 Å². The smallest absolute Gasteiger partial charge is 0.329 e. The van der Waals surface area contributed by atoms with Gasteiger partial charge in [0, 0.05) is 5.20 Å². The van der Waals surface area contributed by atoms with Crippen molar-refractivity contribution in [2.75, 3.05) is 7.11 Å². The quantitative estimate of drug-likeness (QED) is 0.304. The van der Waals surface area contributed by atoms with Gasteiger partial charge in [0.25, 0.3) is 0 Å². The van der Waals surface area contributed by atoms with E-state index in [2.05, 4.69) is 32.6 Å². The largest absolute Gasteiger partial charge is 0.466 e. The average Bonchev–Trinajstić information content (AvgIpc) is 2.09. The van der Waals surface area contributed by atoms with Gasteiger partial charge < -0.3 is 4.74 Å². The second kappa shape index (κ2) is 6.01. The van der Waals surface area contributed by atoms with Crippen molar-refractivity contribution in [3.63, 3.8) is 0 Å². The Morgan fingerprint density at radius 3 is 2.29 bits per heavy atom. The third kappa shape index (κ3) is 4.60. The van der Waals surface area contributed by atoms with Gasteiger partial charge in [0.2, 0.25) is 0 Å². The van der Waals surface area contributed by atoms with Gasteiger partial charge in [-0.1, -0.05) is 45.5 Å². The van der Waals surface area contributed by atoms with Crippen molar-refractivity contribution in [2.45, 2.75) is 45.8 Å². The molecular formula is C11H22O2Si. The van der Waals surface area contributed by atoms with Crippen LogP contribution in [0.25, 0.3) is 0 Å². The van der Waals surface area contributed by atoms with Crippen molar-refractivity contribution in [2.24, 2.45) is 0 Å². The second-order valence-corrected chi connectivity index (χ2v) is 9.54. The number of carbonyl (C=O) groups excluding carboxylic acids is 1. The zero-order valence-corrected chi connectivity index (χ0v) is 11.0. The predicted octanol–water partition coefficient (Wildman–Crippen LogP) is 3.15. The molecule has 0 bridgehead atoms. The standard InChI is InChI=1S/C11H22O2Si/c1-6-7-8-9-10(11(12)13-2)14(3,4)5/h9H,6-8H2,1-5H3/b10-9+. The monoisotopic (exact) mass is 214 g/mol. The molecule has 0 aromatic rings. The van der Waals surface area contributed by atoms with Crippen LogP contribution in [0.1, 0.15) is 26.2 Å². The molecule has 0 rings (SSSR count). The molecule has 3 heteroatoms. The van der Waals surface area contributed by atoms with Gasteiger partial charge in [-0.05, 0) is 6.42 Å². The Labute approximate surface area is 88.4 Å². The highest BCUT2D eigenvalue weighted by Crippen LogP contribution is 2.17. The molecule has 0 fully saturated rings. The Morgan fingerprint density at radius 1 is 1.36 bits per heavy atom. The highest BCUT2D eigenvalue weighted by Gasteiger charge is 2.25. The Morgan fingerprint density at radius 2 is 1.93 bits per heavy atom. The van der Waals surface area contributed by atoms with Crippen LogP contribution in [-0.4, -0.2) is 21.2 Å². The predicted molar refractivity (Wildman–Crippen MR) is 63.0 cm³/mol. The number of unbranched alkanes of at least 4 members (excludes halogenated alkanes) is 2. The summed E-state index contributed by atoms with van der Waals surface area (Å²) in [5.74, 6) is -0.139. The topological polar surface area (TPSA) is 26.3 Å². The van der Waals surface area contributed by atoms with Crippen molar-refractivity contribution < 1.29 is 9.53 Å². The van der Waals surface area contributed by atoms with E-state index < -0.39 is 8.07 Å². The van der Waals surface area contributed by atoms with Gasteiger partial charge in [-0.15, -0.1) is 0 Å². The van der Waals surface area contributed by atoms with E-state index >= 15 is 0 Å². The number of rotatable bonds is 5. The molecule has 0 heterocycles. The number of hydrogen-bond acceptors (Lipinski definition) is 2. The van der Waals surface area contributed by atoms with Gasteiger partial charge in [0.1, 0.15) is 0 Å². The summed E-state index contributed by atoms with van der Waals surface area (Å²) >= 11 is 0. The number of methoxy groups -OCH3 is 1. The van der Waals surface area contributed by atoms with E-state index in [-0.39, 0.29) is 5.97 Å². The lowest BCUT2D eigenvalue weighted by molar-refractivity contribution is -0.135. The molecule has 0 atom stereocenters. The molecule has 0 unspecified atom stereocenters. The molecule has 0 aliphatic carbocycles. The number of esters is 1. The van der Waals surface area contributed by atoms with E-state index in [4.69, 9.17) is 4.74 Å². The molecule has 0 N–H and O–H groups in total. The van der Waals surface area contributed by atoms with Crippen molar-refractivity contribution >= 4 is 14.0 Å². The maximum Gasteiger partial charge on any atom is 0.329 e.